The van der Waals surface area contributed by atoms with Crippen LogP contribution in [-0.4, -0.2) is 23.2 Å². The molecular weight excluding hydrogens is 490 g/mol. The van der Waals surface area contributed by atoms with E-state index in [1.165, 1.54) is 11.3 Å². The molecule has 0 bridgehead atoms. The molecule has 0 aliphatic carbocycles. The second kappa shape index (κ2) is 9.41. The molecule has 5 aromatic rings. The maximum absolute atomic E-state index is 13.0. The van der Waals surface area contributed by atoms with Crippen molar-refractivity contribution in [2.24, 2.45) is 0 Å². The molecule has 5 rings (SSSR count). The van der Waals surface area contributed by atoms with Gasteiger partial charge in [0.2, 0.25) is 0 Å². The number of benzene rings is 3. The molecule has 3 aromatic carbocycles. The van der Waals surface area contributed by atoms with Crippen LogP contribution in [0.1, 0.15) is 16.8 Å². The molecule has 178 valence electrons. The molecule has 0 spiro atoms. The summed E-state index contributed by atoms with van der Waals surface area (Å²) in [6, 6.07) is 28.0. The summed E-state index contributed by atoms with van der Waals surface area (Å²) in [5, 5.41) is 15.2. The van der Waals surface area contributed by atoms with E-state index in [0.717, 1.165) is 16.8 Å². The fourth-order valence-electron chi connectivity index (χ4n) is 3.84. The van der Waals surface area contributed by atoms with Crippen molar-refractivity contribution in [1.82, 2.24) is 14.8 Å². The van der Waals surface area contributed by atoms with Crippen molar-refractivity contribution in [3.63, 3.8) is 0 Å². The molecule has 9 heteroatoms. The first-order valence-corrected chi connectivity index (χ1v) is 13.4. The summed E-state index contributed by atoms with van der Waals surface area (Å²) >= 11 is 1.17. The van der Waals surface area contributed by atoms with Crippen molar-refractivity contribution in [2.75, 3.05) is 4.72 Å². The van der Waals surface area contributed by atoms with E-state index >= 15 is 0 Å². The van der Waals surface area contributed by atoms with Gasteiger partial charge < -0.3 is 0 Å². The lowest BCUT2D eigenvalue weighted by Crippen LogP contribution is -2.12. The van der Waals surface area contributed by atoms with Gasteiger partial charge in [-0.2, -0.15) is 10.4 Å². The molecule has 36 heavy (non-hydrogen) atoms. The molecule has 0 unspecified atom stereocenters. The highest BCUT2D eigenvalue weighted by Crippen LogP contribution is 2.40. The first-order valence-electron chi connectivity index (χ1n) is 11.1. The number of hydrogen-bond acceptors (Lipinski definition) is 6. The minimum Gasteiger partial charge on any atom is -0.255 e. The lowest BCUT2D eigenvalue weighted by atomic mass is 10.1. The van der Waals surface area contributed by atoms with Crippen molar-refractivity contribution in [2.45, 2.75) is 18.7 Å². The lowest BCUT2D eigenvalue weighted by Gasteiger charge is -2.07. The molecule has 0 saturated heterocycles. The number of para-hydroxylation sites is 1. The number of nitriles is 1. The molecule has 2 aromatic heterocycles. The molecule has 0 aliphatic heterocycles. The van der Waals surface area contributed by atoms with Crippen LogP contribution in [0.25, 0.3) is 27.5 Å². The zero-order valence-electron chi connectivity index (χ0n) is 19.5. The average Bonchev–Trinajstić information content (AvgIpc) is 3.44. The molecule has 0 fully saturated rings. The zero-order chi connectivity index (χ0) is 25.3. The smallest absolute Gasteiger partial charge is 0.255 e. The third kappa shape index (κ3) is 4.40. The van der Waals surface area contributed by atoms with Crippen LogP contribution in [0.3, 0.4) is 0 Å². The highest BCUT2D eigenvalue weighted by Gasteiger charge is 2.26. The standard InChI is InChI=1S/C27H21N5O2S2/c1-18-13-15-22(16-14-18)36(33,34)31-27-29-19(2)26(35-27)25-23(17-28)24(20-9-5-3-6-10-20)30-32(25)21-11-7-4-8-12-21/h3-16H,1-2H3,(H,29,31). The third-order valence-corrected chi connectivity index (χ3v) is 8.17. The number of nitrogens with one attached hydrogen (secondary N) is 1. The van der Waals surface area contributed by atoms with Crippen LogP contribution in [-0.2, 0) is 10.0 Å². The summed E-state index contributed by atoms with van der Waals surface area (Å²) in [5.74, 6) is 0. The van der Waals surface area contributed by atoms with Gasteiger partial charge in [0.05, 0.1) is 21.2 Å². The van der Waals surface area contributed by atoms with Crippen LogP contribution in [0.15, 0.2) is 89.8 Å². The van der Waals surface area contributed by atoms with E-state index in [0.29, 0.717) is 27.5 Å². The highest BCUT2D eigenvalue weighted by molar-refractivity contribution is 7.93. The van der Waals surface area contributed by atoms with Crippen LogP contribution in [0.2, 0.25) is 0 Å². The third-order valence-electron chi connectivity index (χ3n) is 5.61. The average molecular weight is 512 g/mol. The van der Waals surface area contributed by atoms with E-state index in [9.17, 15) is 13.7 Å². The molecular formula is C27H21N5O2S2. The Bertz CT molecular complexity index is 1680. The van der Waals surface area contributed by atoms with Crippen molar-refractivity contribution in [1.29, 1.82) is 5.26 Å². The number of aryl methyl sites for hydroxylation is 2. The van der Waals surface area contributed by atoms with Crippen molar-refractivity contribution < 1.29 is 8.42 Å². The van der Waals surface area contributed by atoms with Crippen molar-refractivity contribution in [3.05, 3.63) is 102 Å². The maximum atomic E-state index is 13.0. The van der Waals surface area contributed by atoms with Gasteiger partial charge in [-0.15, -0.1) is 0 Å². The Kier molecular flexibility index (Phi) is 6.14. The Balaban J connectivity index is 1.65. The number of aromatic nitrogens is 3. The Hall–Kier alpha value is -4.26. The summed E-state index contributed by atoms with van der Waals surface area (Å²) < 4.78 is 30.2. The summed E-state index contributed by atoms with van der Waals surface area (Å²) in [6.45, 7) is 3.69. The summed E-state index contributed by atoms with van der Waals surface area (Å²) in [5.41, 5.74) is 4.66. The normalized spacial score (nSPS) is 11.2. The zero-order valence-corrected chi connectivity index (χ0v) is 21.1. The number of anilines is 1. The van der Waals surface area contributed by atoms with Gasteiger partial charge in [-0.25, -0.2) is 18.1 Å². The summed E-state index contributed by atoms with van der Waals surface area (Å²) in [6.07, 6.45) is 0. The van der Waals surface area contributed by atoms with Gasteiger partial charge >= 0.3 is 0 Å². The van der Waals surface area contributed by atoms with Gasteiger partial charge in [0.25, 0.3) is 10.0 Å². The molecule has 1 N–H and O–H groups in total. The Morgan fingerprint density at radius 3 is 2.19 bits per heavy atom. The van der Waals surface area contributed by atoms with E-state index in [1.54, 1.807) is 35.9 Å². The number of hydrogen-bond donors (Lipinski definition) is 1. The van der Waals surface area contributed by atoms with E-state index in [2.05, 4.69) is 15.8 Å². The van der Waals surface area contributed by atoms with Crippen LogP contribution in [0, 0.1) is 25.2 Å². The highest BCUT2D eigenvalue weighted by atomic mass is 32.2. The fourth-order valence-corrected chi connectivity index (χ4v) is 6.08. The first-order chi connectivity index (χ1) is 17.4. The SMILES string of the molecule is Cc1ccc(S(=O)(=O)Nc2nc(C)c(-c3c(C#N)c(-c4ccccc4)nn3-c3ccccc3)s2)cc1. The summed E-state index contributed by atoms with van der Waals surface area (Å²) in [4.78, 5) is 5.30. The van der Waals surface area contributed by atoms with E-state index in [1.807, 2.05) is 67.6 Å². The predicted molar refractivity (Wildman–Crippen MR) is 142 cm³/mol. The quantitative estimate of drug-likeness (QED) is 0.303. The lowest BCUT2D eigenvalue weighted by molar-refractivity contribution is 0.601. The molecule has 0 atom stereocenters. The number of rotatable bonds is 6. The van der Waals surface area contributed by atoms with Gasteiger partial charge in [-0.05, 0) is 38.1 Å². The maximum Gasteiger partial charge on any atom is 0.263 e. The number of nitrogens with zero attached hydrogens (tertiary/aromatic N) is 4. The molecule has 0 saturated carbocycles. The second-order valence-electron chi connectivity index (χ2n) is 8.15. The monoisotopic (exact) mass is 511 g/mol. The number of thiazole rings is 1. The van der Waals surface area contributed by atoms with E-state index in [-0.39, 0.29) is 10.0 Å². The van der Waals surface area contributed by atoms with E-state index < -0.39 is 10.0 Å². The van der Waals surface area contributed by atoms with Crippen LogP contribution < -0.4 is 4.72 Å². The van der Waals surface area contributed by atoms with E-state index in [4.69, 9.17) is 5.10 Å². The fraction of sp³-hybridized carbons (Fsp3) is 0.0741. The second-order valence-corrected chi connectivity index (χ2v) is 10.8. The van der Waals surface area contributed by atoms with Gasteiger partial charge in [0.1, 0.15) is 23.0 Å². The first kappa shape index (κ1) is 23.5. The van der Waals surface area contributed by atoms with Crippen molar-refractivity contribution in [3.8, 4) is 33.6 Å². The van der Waals surface area contributed by atoms with Crippen molar-refractivity contribution >= 4 is 26.5 Å². The topological polar surface area (TPSA) is 101 Å². The van der Waals surface area contributed by atoms with Crippen LogP contribution in [0.4, 0.5) is 5.13 Å². The molecule has 0 amide bonds. The molecule has 0 aliphatic rings. The Morgan fingerprint density at radius 2 is 1.56 bits per heavy atom. The van der Waals surface area contributed by atoms with Gasteiger partial charge in [-0.3, -0.25) is 4.72 Å². The van der Waals surface area contributed by atoms with Crippen LogP contribution in [0.5, 0.6) is 0 Å². The van der Waals surface area contributed by atoms with Gasteiger partial charge in [0, 0.05) is 5.56 Å². The van der Waals surface area contributed by atoms with Gasteiger partial charge in [-0.1, -0.05) is 77.6 Å². The largest absolute Gasteiger partial charge is 0.263 e. The molecule has 2 heterocycles. The minimum absolute atomic E-state index is 0.154. The number of sulfonamides is 1. The van der Waals surface area contributed by atoms with Gasteiger partial charge in [0.15, 0.2) is 5.13 Å². The molecule has 0 radical (unpaired) electrons. The minimum atomic E-state index is -3.82. The molecule has 7 nitrogen and oxygen atoms in total. The van der Waals surface area contributed by atoms with Crippen LogP contribution >= 0.6 is 11.3 Å². The Labute approximate surface area is 213 Å². The summed E-state index contributed by atoms with van der Waals surface area (Å²) in [7, 11) is -3.82. The Morgan fingerprint density at radius 1 is 0.917 bits per heavy atom. The predicted octanol–water partition coefficient (Wildman–Crippen LogP) is 5.95.